The Morgan fingerprint density at radius 3 is 2.35 bits per heavy atom. The standard InChI is InChI=1S/C20H35N5.HI/c1-20(2,3)23-13-12-22-19(21-4)24-18-10-14-25(15-11-18)16-17-8-6-5-7-9-17;/h5-9,18,23H,10-16H2,1-4H3,(H2,21,22,24);1H. The summed E-state index contributed by atoms with van der Waals surface area (Å²) in [7, 11) is 1.84. The van der Waals surface area contributed by atoms with Crippen molar-refractivity contribution in [3.05, 3.63) is 35.9 Å². The van der Waals surface area contributed by atoms with E-state index in [0.717, 1.165) is 51.5 Å². The molecule has 1 fully saturated rings. The topological polar surface area (TPSA) is 51.7 Å². The number of nitrogens with zero attached hydrogens (tertiary/aromatic N) is 2. The molecule has 0 aromatic heterocycles. The number of halogens is 1. The molecular formula is C20H36IN5. The van der Waals surface area contributed by atoms with Crippen LogP contribution in [-0.4, -0.2) is 55.7 Å². The fraction of sp³-hybridized carbons (Fsp3) is 0.650. The first-order valence-electron chi connectivity index (χ1n) is 9.45. The van der Waals surface area contributed by atoms with Crippen molar-refractivity contribution in [3.63, 3.8) is 0 Å². The molecule has 0 spiro atoms. The third kappa shape index (κ3) is 9.19. The van der Waals surface area contributed by atoms with Crippen molar-refractivity contribution in [3.8, 4) is 0 Å². The van der Waals surface area contributed by atoms with Gasteiger partial charge in [0, 0.05) is 51.4 Å². The van der Waals surface area contributed by atoms with Gasteiger partial charge in [-0.25, -0.2) is 0 Å². The minimum absolute atomic E-state index is 0. The first kappa shape index (κ1) is 23.2. The molecule has 0 atom stereocenters. The van der Waals surface area contributed by atoms with Gasteiger partial charge >= 0.3 is 0 Å². The molecule has 0 amide bonds. The molecule has 1 heterocycles. The molecule has 1 aromatic rings. The molecule has 2 rings (SSSR count). The Morgan fingerprint density at radius 1 is 1.12 bits per heavy atom. The fourth-order valence-electron chi connectivity index (χ4n) is 3.08. The van der Waals surface area contributed by atoms with Gasteiger partial charge in [0.15, 0.2) is 5.96 Å². The predicted molar refractivity (Wildman–Crippen MR) is 122 cm³/mol. The lowest BCUT2D eigenvalue weighted by Gasteiger charge is -2.33. The number of guanidine groups is 1. The molecule has 0 saturated carbocycles. The Morgan fingerprint density at radius 2 is 1.77 bits per heavy atom. The summed E-state index contributed by atoms with van der Waals surface area (Å²) in [5, 5.41) is 10.5. The van der Waals surface area contributed by atoms with Gasteiger partial charge < -0.3 is 16.0 Å². The van der Waals surface area contributed by atoms with Crippen molar-refractivity contribution in [2.24, 2.45) is 4.99 Å². The van der Waals surface area contributed by atoms with E-state index < -0.39 is 0 Å². The van der Waals surface area contributed by atoms with Crippen LogP contribution in [-0.2, 0) is 6.54 Å². The van der Waals surface area contributed by atoms with E-state index in [1.807, 2.05) is 7.05 Å². The zero-order chi connectivity index (χ0) is 18.1. The maximum atomic E-state index is 4.36. The average Bonchev–Trinajstić information content (AvgIpc) is 2.59. The van der Waals surface area contributed by atoms with Gasteiger partial charge in [-0.2, -0.15) is 0 Å². The molecule has 0 unspecified atom stereocenters. The van der Waals surface area contributed by atoms with E-state index >= 15 is 0 Å². The van der Waals surface area contributed by atoms with Crippen molar-refractivity contribution in [1.29, 1.82) is 0 Å². The zero-order valence-electron chi connectivity index (χ0n) is 16.7. The molecule has 0 aliphatic carbocycles. The predicted octanol–water partition coefficient (Wildman–Crippen LogP) is 2.82. The molecule has 5 nitrogen and oxygen atoms in total. The van der Waals surface area contributed by atoms with Crippen LogP contribution in [0.5, 0.6) is 0 Å². The van der Waals surface area contributed by atoms with Crippen LogP contribution in [0.15, 0.2) is 35.3 Å². The Labute approximate surface area is 176 Å². The van der Waals surface area contributed by atoms with E-state index in [-0.39, 0.29) is 29.5 Å². The van der Waals surface area contributed by atoms with E-state index in [1.54, 1.807) is 0 Å². The minimum atomic E-state index is 0. The van der Waals surface area contributed by atoms with Gasteiger partial charge in [-0.05, 0) is 39.2 Å². The van der Waals surface area contributed by atoms with Crippen LogP contribution in [0.2, 0.25) is 0 Å². The van der Waals surface area contributed by atoms with E-state index in [2.05, 4.69) is 76.9 Å². The van der Waals surface area contributed by atoms with Gasteiger partial charge in [-0.1, -0.05) is 30.3 Å². The third-order valence-electron chi connectivity index (χ3n) is 4.47. The average molecular weight is 473 g/mol. The number of hydrogen-bond acceptors (Lipinski definition) is 3. The summed E-state index contributed by atoms with van der Waals surface area (Å²) in [5.41, 5.74) is 1.56. The van der Waals surface area contributed by atoms with Crippen LogP contribution in [0.25, 0.3) is 0 Å². The second kappa shape index (κ2) is 11.8. The second-order valence-corrected chi connectivity index (χ2v) is 7.86. The number of piperidine rings is 1. The van der Waals surface area contributed by atoms with Crippen LogP contribution in [0.3, 0.4) is 0 Å². The summed E-state index contributed by atoms with van der Waals surface area (Å²) in [6, 6.07) is 11.2. The van der Waals surface area contributed by atoms with Gasteiger partial charge in [0.2, 0.25) is 0 Å². The van der Waals surface area contributed by atoms with E-state index in [0.29, 0.717) is 6.04 Å². The maximum Gasteiger partial charge on any atom is 0.191 e. The smallest absolute Gasteiger partial charge is 0.191 e. The number of benzene rings is 1. The first-order valence-corrected chi connectivity index (χ1v) is 9.45. The van der Waals surface area contributed by atoms with Crippen molar-refractivity contribution in [2.45, 2.75) is 51.7 Å². The number of hydrogen-bond donors (Lipinski definition) is 3. The molecule has 148 valence electrons. The minimum Gasteiger partial charge on any atom is -0.355 e. The van der Waals surface area contributed by atoms with Crippen LogP contribution in [0, 0.1) is 0 Å². The van der Waals surface area contributed by atoms with E-state index in [9.17, 15) is 0 Å². The summed E-state index contributed by atoms with van der Waals surface area (Å²) in [5.74, 6) is 0.914. The van der Waals surface area contributed by atoms with E-state index in [1.165, 1.54) is 5.56 Å². The molecule has 6 heteroatoms. The molecule has 1 aliphatic heterocycles. The first-order chi connectivity index (χ1) is 12.0. The summed E-state index contributed by atoms with van der Waals surface area (Å²) in [4.78, 5) is 6.89. The zero-order valence-corrected chi connectivity index (χ0v) is 19.0. The van der Waals surface area contributed by atoms with Gasteiger partial charge in [0.25, 0.3) is 0 Å². The quantitative estimate of drug-likeness (QED) is 0.258. The Hall–Kier alpha value is -0.860. The molecule has 1 aliphatic rings. The summed E-state index contributed by atoms with van der Waals surface area (Å²) in [6.45, 7) is 11.7. The van der Waals surface area contributed by atoms with Crippen molar-refractivity contribution in [2.75, 3.05) is 33.2 Å². The highest BCUT2D eigenvalue weighted by Crippen LogP contribution is 2.13. The van der Waals surface area contributed by atoms with Crippen molar-refractivity contribution in [1.82, 2.24) is 20.9 Å². The van der Waals surface area contributed by atoms with Crippen molar-refractivity contribution < 1.29 is 0 Å². The lowest BCUT2D eigenvalue weighted by molar-refractivity contribution is 0.198. The lowest BCUT2D eigenvalue weighted by atomic mass is 10.0. The van der Waals surface area contributed by atoms with Crippen LogP contribution in [0.4, 0.5) is 0 Å². The van der Waals surface area contributed by atoms with Gasteiger partial charge in [0.05, 0.1) is 0 Å². The maximum absolute atomic E-state index is 4.36. The number of aliphatic imine (C=N–C) groups is 1. The highest BCUT2D eigenvalue weighted by Gasteiger charge is 2.20. The summed E-state index contributed by atoms with van der Waals surface area (Å²) >= 11 is 0. The van der Waals surface area contributed by atoms with Crippen LogP contribution in [0.1, 0.15) is 39.2 Å². The molecular weight excluding hydrogens is 437 g/mol. The summed E-state index contributed by atoms with van der Waals surface area (Å²) < 4.78 is 0. The normalized spacial score (nSPS) is 16.8. The van der Waals surface area contributed by atoms with Gasteiger partial charge in [-0.15, -0.1) is 24.0 Å². The van der Waals surface area contributed by atoms with Crippen LogP contribution >= 0.6 is 24.0 Å². The SMILES string of the molecule is CN=C(NCCNC(C)(C)C)NC1CCN(Cc2ccccc2)CC1.I. The van der Waals surface area contributed by atoms with Crippen molar-refractivity contribution >= 4 is 29.9 Å². The van der Waals surface area contributed by atoms with E-state index in [4.69, 9.17) is 0 Å². The number of nitrogens with one attached hydrogen (secondary N) is 3. The largest absolute Gasteiger partial charge is 0.355 e. The third-order valence-corrected chi connectivity index (χ3v) is 4.47. The highest BCUT2D eigenvalue weighted by molar-refractivity contribution is 14.0. The van der Waals surface area contributed by atoms with Gasteiger partial charge in [0.1, 0.15) is 0 Å². The molecule has 1 saturated heterocycles. The Bertz CT molecular complexity index is 519. The molecule has 1 aromatic carbocycles. The highest BCUT2D eigenvalue weighted by atomic mass is 127. The molecule has 0 bridgehead atoms. The van der Waals surface area contributed by atoms with Gasteiger partial charge in [-0.3, -0.25) is 9.89 Å². The lowest BCUT2D eigenvalue weighted by Crippen LogP contribution is -2.50. The Kier molecular flexibility index (Phi) is 10.5. The molecule has 0 radical (unpaired) electrons. The Balaban J connectivity index is 0.00000338. The molecule has 26 heavy (non-hydrogen) atoms. The van der Waals surface area contributed by atoms with Crippen LogP contribution < -0.4 is 16.0 Å². The fourth-order valence-corrected chi connectivity index (χ4v) is 3.08. The number of likely N-dealkylation sites (tertiary alicyclic amines) is 1. The monoisotopic (exact) mass is 473 g/mol. The second-order valence-electron chi connectivity index (χ2n) is 7.86. The number of rotatable bonds is 6. The summed E-state index contributed by atoms with van der Waals surface area (Å²) in [6.07, 6.45) is 2.32. The molecule has 3 N–H and O–H groups in total.